The van der Waals surface area contributed by atoms with Gasteiger partial charge in [-0.15, -0.1) is 0 Å². The summed E-state index contributed by atoms with van der Waals surface area (Å²) in [5.74, 6) is -0.156. The average Bonchev–Trinajstić information content (AvgIpc) is 2.72. The fraction of sp³-hybridized carbons (Fsp3) is 0.400. The Kier molecular flexibility index (Phi) is 7.10. The predicted octanol–water partition coefficient (Wildman–Crippen LogP) is 3.76. The maximum absolute atomic E-state index is 13.2. The highest BCUT2D eigenvalue weighted by atomic mass is 16.2. The lowest BCUT2D eigenvalue weighted by Gasteiger charge is -2.36. The summed E-state index contributed by atoms with van der Waals surface area (Å²) in [5, 5.41) is 5.77. The van der Waals surface area contributed by atoms with Gasteiger partial charge in [0.15, 0.2) is 0 Å². The largest absolute Gasteiger partial charge is 0.350 e. The molecule has 6 nitrogen and oxygen atoms in total. The van der Waals surface area contributed by atoms with Gasteiger partial charge < -0.3 is 15.5 Å². The molecule has 0 aromatic heterocycles. The third kappa shape index (κ3) is 5.72. The molecule has 1 aliphatic heterocycles. The van der Waals surface area contributed by atoms with Crippen molar-refractivity contribution in [2.45, 2.75) is 59.2 Å². The summed E-state index contributed by atoms with van der Waals surface area (Å²) >= 11 is 0. The van der Waals surface area contributed by atoms with E-state index in [4.69, 9.17) is 0 Å². The van der Waals surface area contributed by atoms with Gasteiger partial charge in [-0.2, -0.15) is 0 Å². The first-order valence-electron chi connectivity index (χ1n) is 10.8. The maximum Gasteiger partial charge on any atom is 0.251 e. The third-order valence-electron chi connectivity index (χ3n) is 5.29. The van der Waals surface area contributed by atoms with E-state index in [2.05, 4.69) is 10.6 Å². The molecule has 0 saturated heterocycles. The van der Waals surface area contributed by atoms with Crippen LogP contribution in [0.2, 0.25) is 0 Å². The zero-order valence-electron chi connectivity index (χ0n) is 18.6. The van der Waals surface area contributed by atoms with Gasteiger partial charge >= 0.3 is 0 Å². The van der Waals surface area contributed by atoms with Crippen molar-refractivity contribution in [1.29, 1.82) is 0 Å². The minimum absolute atomic E-state index is 0.00893. The first kappa shape index (κ1) is 22.5. The Hall–Kier alpha value is -3.15. The normalized spacial score (nSPS) is 15.5. The van der Waals surface area contributed by atoms with Crippen molar-refractivity contribution in [1.82, 2.24) is 10.2 Å². The Bertz CT molecular complexity index is 951. The molecule has 0 aliphatic carbocycles. The summed E-state index contributed by atoms with van der Waals surface area (Å²) in [6, 6.07) is 14.2. The lowest BCUT2D eigenvalue weighted by molar-refractivity contribution is -0.140. The van der Waals surface area contributed by atoms with Crippen LogP contribution in [0.1, 0.15) is 55.6 Å². The van der Waals surface area contributed by atoms with Gasteiger partial charge in [0.05, 0.1) is 0 Å². The highest BCUT2D eigenvalue weighted by Crippen LogP contribution is 2.26. The topological polar surface area (TPSA) is 78.5 Å². The van der Waals surface area contributed by atoms with Crippen LogP contribution in [0.25, 0.3) is 0 Å². The number of amides is 3. The molecule has 3 amide bonds. The summed E-state index contributed by atoms with van der Waals surface area (Å²) in [7, 11) is 0. The lowest BCUT2D eigenvalue weighted by atomic mass is 9.92. The highest BCUT2D eigenvalue weighted by molar-refractivity contribution is 5.99. The van der Waals surface area contributed by atoms with E-state index < -0.39 is 6.04 Å². The van der Waals surface area contributed by atoms with E-state index in [1.807, 2.05) is 52.0 Å². The van der Waals surface area contributed by atoms with Crippen LogP contribution in [-0.4, -0.2) is 34.7 Å². The van der Waals surface area contributed by atoms with Crippen LogP contribution in [-0.2, 0) is 22.6 Å². The molecule has 6 heteroatoms. The van der Waals surface area contributed by atoms with Gasteiger partial charge in [-0.1, -0.05) is 38.1 Å². The molecular formula is C25H31N3O3. The van der Waals surface area contributed by atoms with Gasteiger partial charge in [0, 0.05) is 36.7 Å². The number of hydrogen-bond donors (Lipinski definition) is 2. The molecule has 1 atom stereocenters. The lowest BCUT2D eigenvalue weighted by Crippen LogP contribution is -2.50. The molecule has 0 saturated carbocycles. The number of rotatable bonds is 6. The Balaban J connectivity index is 1.76. The van der Waals surface area contributed by atoms with Crippen molar-refractivity contribution in [2.24, 2.45) is 5.92 Å². The molecule has 0 spiro atoms. The van der Waals surface area contributed by atoms with Crippen LogP contribution in [0, 0.1) is 5.92 Å². The highest BCUT2D eigenvalue weighted by Gasteiger charge is 2.34. The minimum Gasteiger partial charge on any atom is -0.350 e. The van der Waals surface area contributed by atoms with Crippen LogP contribution in [0.15, 0.2) is 48.5 Å². The summed E-state index contributed by atoms with van der Waals surface area (Å²) in [6.07, 6.45) is 0.895. The van der Waals surface area contributed by atoms with E-state index in [0.29, 0.717) is 30.6 Å². The molecule has 2 aromatic carbocycles. The van der Waals surface area contributed by atoms with E-state index >= 15 is 0 Å². The van der Waals surface area contributed by atoms with E-state index in [9.17, 15) is 14.4 Å². The van der Waals surface area contributed by atoms with Crippen molar-refractivity contribution >= 4 is 23.4 Å². The quantitative estimate of drug-likeness (QED) is 0.745. The summed E-state index contributed by atoms with van der Waals surface area (Å²) in [6.45, 7) is 8.25. The second-order valence-corrected chi connectivity index (χ2v) is 8.80. The Morgan fingerprint density at radius 2 is 1.61 bits per heavy atom. The molecular weight excluding hydrogens is 390 g/mol. The SMILES string of the molecule is CC(C)CC(=O)N1Cc2ccccc2CC1C(=O)Nc1ccc(C(=O)NC(C)C)cc1. The van der Waals surface area contributed by atoms with Crippen molar-refractivity contribution in [3.63, 3.8) is 0 Å². The number of carbonyl (C=O) groups excluding carboxylic acids is 3. The second kappa shape index (κ2) is 9.77. The monoisotopic (exact) mass is 421 g/mol. The van der Waals surface area contributed by atoms with Gasteiger partial charge in [0.2, 0.25) is 11.8 Å². The number of anilines is 1. The van der Waals surface area contributed by atoms with Gasteiger partial charge in [-0.05, 0) is 55.2 Å². The van der Waals surface area contributed by atoms with E-state index in [1.165, 1.54) is 0 Å². The zero-order chi connectivity index (χ0) is 22.5. The van der Waals surface area contributed by atoms with E-state index in [-0.39, 0.29) is 29.7 Å². The van der Waals surface area contributed by atoms with Crippen molar-refractivity contribution in [3.8, 4) is 0 Å². The van der Waals surface area contributed by atoms with Crippen LogP contribution in [0.3, 0.4) is 0 Å². The standard InChI is InChI=1S/C25H31N3O3/c1-16(2)13-23(29)28-15-20-8-6-5-7-19(20)14-22(28)25(31)27-21-11-9-18(10-12-21)24(30)26-17(3)4/h5-12,16-17,22H,13-15H2,1-4H3,(H,26,30)(H,27,31). The van der Waals surface area contributed by atoms with Crippen molar-refractivity contribution in [2.75, 3.05) is 5.32 Å². The number of benzene rings is 2. The number of hydrogen-bond acceptors (Lipinski definition) is 3. The number of nitrogens with one attached hydrogen (secondary N) is 2. The maximum atomic E-state index is 13.2. The van der Waals surface area contributed by atoms with Gasteiger partial charge in [0.25, 0.3) is 5.91 Å². The number of fused-ring (bicyclic) bond motifs is 1. The van der Waals surface area contributed by atoms with Crippen LogP contribution in [0.5, 0.6) is 0 Å². The summed E-state index contributed by atoms with van der Waals surface area (Å²) in [5.41, 5.74) is 3.31. The molecule has 0 fully saturated rings. The molecule has 0 bridgehead atoms. The smallest absolute Gasteiger partial charge is 0.251 e. The van der Waals surface area contributed by atoms with Gasteiger partial charge in [-0.3, -0.25) is 14.4 Å². The van der Waals surface area contributed by atoms with E-state index in [1.54, 1.807) is 29.2 Å². The molecule has 0 radical (unpaired) electrons. The minimum atomic E-state index is -0.565. The average molecular weight is 422 g/mol. The van der Waals surface area contributed by atoms with Crippen LogP contribution >= 0.6 is 0 Å². The molecule has 2 aromatic rings. The number of nitrogens with zero attached hydrogens (tertiary/aromatic N) is 1. The Morgan fingerprint density at radius 3 is 2.23 bits per heavy atom. The van der Waals surface area contributed by atoms with E-state index in [0.717, 1.165) is 11.1 Å². The fourth-order valence-electron chi connectivity index (χ4n) is 3.76. The summed E-state index contributed by atoms with van der Waals surface area (Å²) in [4.78, 5) is 39.9. The second-order valence-electron chi connectivity index (χ2n) is 8.80. The zero-order valence-corrected chi connectivity index (χ0v) is 18.6. The summed E-state index contributed by atoms with van der Waals surface area (Å²) < 4.78 is 0. The molecule has 2 N–H and O–H groups in total. The molecule has 3 rings (SSSR count). The fourth-order valence-corrected chi connectivity index (χ4v) is 3.76. The van der Waals surface area contributed by atoms with Crippen molar-refractivity contribution < 1.29 is 14.4 Å². The molecule has 1 heterocycles. The van der Waals surface area contributed by atoms with Gasteiger partial charge in [0.1, 0.15) is 6.04 Å². The predicted molar refractivity (Wildman–Crippen MR) is 122 cm³/mol. The number of carbonyl (C=O) groups is 3. The van der Waals surface area contributed by atoms with Crippen LogP contribution < -0.4 is 10.6 Å². The molecule has 1 unspecified atom stereocenters. The molecule has 31 heavy (non-hydrogen) atoms. The van der Waals surface area contributed by atoms with Crippen LogP contribution in [0.4, 0.5) is 5.69 Å². The van der Waals surface area contributed by atoms with Gasteiger partial charge in [-0.25, -0.2) is 0 Å². The Labute approximate surface area is 184 Å². The first-order valence-corrected chi connectivity index (χ1v) is 10.8. The molecule has 1 aliphatic rings. The third-order valence-corrected chi connectivity index (χ3v) is 5.29. The Morgan fingerprint density at radius 1 is 0.968 bits per heavy atom. The van der Waals surface area contributed by atoms with Crippen molar-refractivity contribution in [3.05, 3.63) is 65.2 Å². The molecule has 164 valence electrons. The first-order chi connectivity index (χ1) is 14.7.